The van der Waals surface area contributed by atoms with Crippen molar-refractivity contribution in [2.45, 2.75) is 24.8 Å². The molecule has 0 fully saturated rings. The van der Waals surface area contributed by atoms with E-state index in [0.717, 1.165) is 19.3 Å². The van der Waals surface area contributed by atoms with Gasteiger partial charge in [-0.1, -0.05) is 23.2 Å². The van der Waals surface area contributed by atoms with E-state index in [0.29, 0.717) is 16.6 Å². The highest BCUT2D eigenvalue weighted by atomic mass is 35.5. The Morgan fingerprint density at radius 2 is 1.80 bits per heavy atom. The second kappa shape index (κ2) is 3.95. The summed E-state index contributed by atoms with van der Waals surface area (Å²) < 4.78 is 0. The van der Waals surface area contributed by atoms with Gasteiger partial charge in [-0.3, -0.25) is 0 Å². The first-order valence-electron chi connectivity index (χ1n) is 5.00. The van der Waals surface area contributed by atoms with Gasteiger partial charge >= 0.3 is 0 Å². The summed E-state index contributed by atoms with van der Waals surface area (Å²) in [7, 11) is 0. The molecule has 1 unspecified atom stereocenters. The zero-order chi connectivity index (χ0) is 11.1. The molecule has 82 valence electrons. The van der Waals surface area contributed by atoms with Crippen LogP contribution in [0, 0.1) is 0 Å². The van der Waals surface area contributed by atoms with Crippen LogP contribution in [0.2, 0.25) is 10.0 Å². The van der Waals surface area contributed by atoms with Crippen molar-refractivity contribution in [3.05, 3.63) is 33.3 Å². The third-order valence-electron chi connectivity index (χ3n) is 3.08. The maximum atomic E-state index is 6.16. The SMILES string of the molecule is NCC1(N)CCc2cc(Cl)c(Cl)cc2C1. The van der Waals surface area contributed by atoms with Crippen LogP contribution < -0.4 is 11.5 Å². The third kappa shape index (κ3) is 2.13. The number of nitrogens with two attached hydrogens (primary N) is 2. The molecule has 0 saturated heterocycles. The summed E-state index contributed by atoms with van der Waals surface area (Å²) in [6.07, 6.45) is 2.63. The Kier molecular flexibility index (Phi) is 2.95. The summed E-state index contributed by atoms with van der Waals surface area (Å²) in [5.74, 6) is 0. The third-order valence-corrected chi connectivity index (χ3v) is 3.81. The molecule has 1 aliphatic rings. The van der Waals surface area contributed by atoms with Gasteiger partial charge in [-0.15, -0.1) is 0 Å². The van der Waals surface area contributed by atoms with Gasteiger partial charge in [-0.2, -0.15) is 0 Å². The molecule has 4 heteroatoms. The first kappa shape index (κ1) is 11.2. The molecule has 0 heterocycles. The molecule has 0 spiro atoms. The maximum Gasteiger partial charge on any atom is 0.0595 e. The molecule has 4 N–H and O–H groups in total. The van der Waals surface area contributed by atoms with Crippen LogP contribution in [0.4, 0.5) is 0 Å². The number of halogens is 2. The lowest BCUT2D eigenvalue weighted by Crippen LogP contribution is -2.51. The predicted molar refractivity (Wildman–Crippen MR) is 64.5 cm³/mol. The Bertz CT molecular complexity index is 392. The second-order valence-electron chi connectivity index (χ2n) is 4.28. The topological polar surface area (TPSA) is 52.0 Å². The van der Waals surface area contributed by atoms with Crippen molar-refractivity contribution in [1.82, 2.24) is 0 Å². The lowest BCUT2D eigenvalue weighted by Gasteiger charge is -2.33. The smallest absolute Gasteiger partial charge is 0.0595 e. The van der Waals surface area contributed by atoms with Crippen molar-refractivity contribution in [2.24, 2.45) is 11.5 Å². The van der Waals surface area contributed by atoms with Gasteiger partial charge in [0.25, 0.3) is 0 Å². The molecular weight excluding hydrogens is 231 g/mol. The van der Waals surface area contributed by atoms with Crippen LogP contribution in [0.5, 0.6) is 0 Å². The molecule has 0 aromatic heterocycles. The minimum absolute atomic E-state index is 0.274. The monoisotopic (exact) mass is 244 g/mol. The largest absolute Gasteiger partial charge is 0.329 e. The second-order valence-corrected chi connectivity index (χ2v) is 5.09. The Morgan fingerprint density at radius 1 is 1.20 bits per heavy atom. The normalized spacial score (nSPS) is 25.1. The van der Waals surface area contributed by atoms with Crippen LogP contribution in [-0.4, -0.2) is 12.1 Å². The van der Waals surface area contributed by atoms with Crippen molar-refractivity contribution in [3.8, 4) is 0 Å². The minimum Gasteiger partial charge on any atom is -0.329 e. The summed E-state index contributed by atoms with van der Waals surface area (Å²) in [6, 6.07) is 3.85. The average molecular weight is 245 g/mol. The van der Waals surface area contributed by atoms with Crippen LogP contribution in [0.15, 0.2) is 12.1 Å². The van der Waals surface area contributed by atoms with Crippen molar-refractivity contribution in [2.75, 3.05) is 6.54 Å². The number of hydrogen-bond donors (Lipinski definition) is 2. The van der Waals surface area contributed by atoms with Gasteiger partial charge in [-0.05, 0) is 42.5 Å². The summed E-state index contributed by atoms with van der Waals surface area (Å²) in [5, 5.41) is 1.21. The first-order valence-corrected chi connectivity index (χ1v) is 5.75. The van der Waals surface area contributed by atoms with E-state index in [4.69, 9.17) is 34.7 Å². The van der Waals surface area contributed by atoms with Crippen molar-refractivity contribution in [1.29, 1.82) is 0 Å². The highest BCUT2D eigenvalue weighted by Crippen LogP contribution is 2.32. The molecule has 0 amide bonds. The van der Waals surface area contributed by atoms with E-state index in [1.807, 2.05) is 12.1 Å². The van der Waals surface area contributed by atoms with Gasteiger partial charge in [-0.25, -0.2) is 0 Å². The lowest BCUT2D eigenvalue weighted by atomic mass is 9.79. The van der Waals surface area contributed by atoms with Crippen LogP contribution in [0.1, 0.15) is 17.5 Å². The highest BCUT2D eigenvalue weighted by Gasteiger charge is 2.29. The van der Waals surface area contributed by atoms with E-state index in [1.165, 1.54) is 11.1 Å². The molecule has 1 aromatic rings. The summed E-state index contributed by atoms with van der Waals surface area (Å²) in [6.45, 7) is 0.507. The Hall–Kier alpha value is -0.280. The quantitative estimate of drug-likeness (QED) is 0.796. The number of hydrogen-bond acceptors (Lipinski definition) is 2. The van der Waals surface area contributed by atoms with Gasteiger partial charge < -0.3 is 11.5 Å². The van der Waals surface area contributed by atoms with Crippen molar-refractivity contribution < 1.29 is 0 Å². The summed E-state index contributed by atoms with van der Waals surface area (Å²) in [4.78, 5) is 0. The average Bonchev–Trinajstić information content (AvgIpc) is 2.21. The van der Waals surface area contributed by atoms with Crippen LogP contribution in [-0.2, 0) is 12.8 Å². The van der Waals surface area contributed by atoms with Gasteiger partial charge in [0, 0.05) is 12.1 Å². The zero-order valence-electron chi connectivity index (χ0n) is 8.39. The molecule has 0 bridgehead atoms. The molecular formula is C11H14Cl2N2. The molecule has 0 aliphatic heterocycles. The Morgan fingerprint density at radius 3 is 2.40 bits per heavy atom. The minimum atomic E-state index is -0.274. The van der Waals surface area contributed by atoms with E-state index >= 15 is 0 Å². The maximum absolute atomic E-state index is 6.16. The molecule has 1 aliphatic carbocycles. The number of benzene rings is 1. The van der Waals surface area contributed by atoms with E-state index in [-0.39, 0.29) is 5.54 Å². The number of rotatable bonds is 1. The molecule has 2 nitrogen and oxygen atoms in total. The molecule has 0 radical (unpaired) electrons. The van der Waals surface area contributed by atoms with Gasteiger partial charge in [0.1, 0.15) is 0 Å². The van der Waals surface area contributed by atoms with Gasteiger partial charge in [0.2, 0.25) is 0 Å². The molecule has 2 rings (SSSR count). The van der Waals surface area contributed by atoms with Crippen molar-refractivity contribution >= 4 is 23.2 Å². The molecule has 0 saturated carbocycles. The van der Waals surface area contributed by atoms with Gasteiger partial charge in [0.05, 0.1) is 10.0 Å². The summed E-state index contributed by atoms with van der Waals surface area (Å²) >= 11 is 11.9. The Labute approximate surface area is 99.5 Å². The van der Waals surface area contributed by atoms with Gasteiger partial charge in [0.15, 0.2) is 0 Å². The molecule has 1 aromatic carbocycles. The fourth-order valence-corrected chi connectivity index (χ4v) is 2.42. The standard InChI is InChI=1S/C11H14Cl2N2/c12-9-3-7-1-2-11(15,6-14)5-8(7)4-10(9)13/h3-4H,1-2,5-6,14-15H2. The fourth-order valence-electron chi connectivity index (χ4n) is 2.05. The van der Waals surface area contributed by atoms with Crippen molar-refractivity contribution in [3.63, 3.8) is 0 Å². The first-order chi connectivity index (χ1) is 7.04. The number of aryl methyl sites for hydroxylation is 1. The van der Waals surface area contributed by atoms with Crippen LogP contribution >= 0.6 is 23.2 Å². The fraction of sp³-hybridized carbons (Fsp3) is 0.455. The van der Waals surface area contributed by atoms with Crippen LogP contribution in [0.25, 0.3) is 0 Å². The van der Waals surface area contributed by atoms with E-state index in [1.54, 1.807) is 0 Å². The number of fused-ring (bicyclic) bond motifs is 1. The zero-order valence-corrected chi connectivity index (χ0v) is 9.91. The predicted octanol–water partition coefficient (Wildman–Crippen LogP) is 2.14. The molecule has 1 atom stereocenters. The van der Waals surface area contributed by atoms with E-state index < -0.39 is 0 Å². The van der Waals surface area contributed by atoms with Crippen LogP contribution in [0.3, 0.4) is 0 Å². The van der Waals surface area contributed by atoms with E-state index in [2.05, 4.69) is 0 Å². The highest BCUT2D eigenvalue weighted by molar-refractivity contribution is 6.42. The Balaban J connectivity index is 2.38. The summed E-state index contributed by atoms with van der Waals surface area (Å²) in [5.41, 5.74) is 14.0. The lowest BCUT2D eigenvalue weighted by molar-refractivity contribution is 0.382. The molecule has 15 heavy (non-hydrogen) atoms. The van der Waals surface area contributed by atoms with E-state index in [9.17, 15) is 0 Å².